The number of ether oxygens (including phenoxy) is 12. The lowest BCUT2D eigenvalue weighted by atomic mass is 10.2. The van der Waals surface area contributed by atoms with Crippen LogP contribution < -0.4 is 18.9 Å². The van der Waals surface area contributed by atoms with Crippen molar-refractivity contribution in [3.05, 3.63) is 108 Å². The zero-order valence-corrected chi connectivity index (χ0v) is 32.4. The summed E-state index contributed by atoms with van der Waals surface area (Å²) in [7, 11) is 0. The van der Waals surface area contributed by atoms with Crippen LogP contribution >= 0.6 is 0 Å². The second-order valence-corrected chi connectivity index (χ2v) is 12.3. The lowest BCUT2D eigenvalue weighted by molar-refractivity contribution is 0.00430. The van der Waals surface area contributed by atoms with Crippen LogP contribution in [-0.4, -0.2) is 128 Å². The number of aromatic nitrogens is 2. The van der Waals surface area contributed by atoms with Gasteiger partial charge in [0.05, 0.1) is 90.4 Å². The molecule has 0 radical (unpaired) electrons. The maximum atomic E-state index is 12.5. The van der Waals surface area contributed by atoms with E-state index in [9.17, 15) is 9.59 Å². The van der Waals surface area contributed by atoms with Crippen LogP contribution in [0.5, 0.6) is 23.0 Å². The minimum atomic E-state index is -0.486. The van der Waals surface area contributed by atoms with E-state index in [2.05, 4.69) is 9.97 Å². The van der Waals surface area contributed by atoms with Gasteiger partial charge in [0.1, 0.15) is 62.6 Å². The predicted molar refractivity (Wildman–Crippen MR) is 206 cm³/mol. The van der Waals surface area contributed by atoms with Crippen LogP contribution in [0, 0.1) is 0 Å². The third kappa shape index (κ3) is 17.4. The molecule has 0 fully saturated rings. The van der Waals surface area contributed by atoms with E-state index in [1.54, 1.807) is 73.1 Å². The van der Waals surface area contributed by atoms with Gasteiger partial charge in [0.2, 0.25) is 0 Å². The second kappa shape index (κ2) is 26.5. The second-order valence-electron chi connectivity index (χ2n) is 12.3. The smallest absolute Gasteiger partial charge is 0.340 e. The molecule has 1 aliphatic rings. The fraction of sp³-hybridized carbons (Fsp3) is 0.429. The Hall–Kier alpha value is -5.36. The summed E-state index contributed by atoms with van der Waals surface area (Å²) in [6, 6.07) is 17.3. The molecule has 3 heterocycles. The van der Waals surface area contributed by atoms with Crippen molar-refractivity contribution in [1.82, 2.24) is 9.97 Å². The van der Waals surface area contributed by atoms with Gasteiger partial charge in [0.25, 0.3) is 0 Å². The molecule has 1 aliphatic heterocycles. The molecule has 0 aliphatic carbocycles. The number of nitrogens with zero attached hydrogens (tertiary/aromatic N) is 2. The molecule has 5 rings (SSSR count). The Bertz CT molecular complexity index is 1570. The van der Waals surface area contributed by atoms with Crippen molar-refractivity contribution in [3.8, 4) is 23.0 Å². The molecule has 4 bridgehead atoms. The van der Waals surface area contributed by atoms with E-state index in [-0.39, 0.29) is 39.6 Å². The number of carbonyl (C=O) groups excluding carboxylic acids is 2. The molecule has 312 valence electrons. The highest BCUT2D eigenvalue weighted by molar-refractivity contribution is 5.89. The molecule has 16 heteroatoms. The van der Waals surface area contributed by atoms with E-state index in [0.29, 0.717) is 125 Å². The first-order valence-electron chi connectivity index (χ1n) is 19.0. The van der Waals surface area contributed by atoms with Gasteiger partial charge in [-0.3, -0.25) is 9.97 Å². The van der Waals surface area contributed by atoms with Crippen molar-refractivity contribution in [2.24, 2.45) is 0 Å². The Morgan fingerprint density at radius 3 is 1.00 bits per heavy atom. The third-order valence-electron chi connectivity index (χ3n) is 7.89. The molecule has 0 unspecified atom stereocenters. The maximum absolute atomic E-state index is 12.5. The van der Waals surface area contributed by atoms with E-state index in [4.69, 9.17) is 56.8 Å². The van der Waals surface area contributed by atoms with Crippen molar-refractivity contribution < 1.29 is 66.4 Å². The largest absolute Gasteiger partial charge is 0.491 e. The number of esters is 2. The van der Waals surface area contributed by atoms with Gasteiger partial charge in [-0.2, -0.15) is 0 Å². The van der Waals surface area contributed by atoms with Gasteiger partial charge in [-0.1, -0.05) is 0 Å². The Morgan fingerprint density at radius 2 is 0.724 bits per heavy atom. The van der Waals surface area contributed by atoms with Gasteiger partial charge in [-0.05, 0) is 59.7 Å². The molecular formula is C42H50N2O14. The Labute approximate surface area is 337 Å². The first kappa shape index (κ1) is 43.8. The molecule has 16 nitrogen and oxygen atoms in total. The summed E-state index contributed by atoms with van der Waals surface area (Å²) in [6.07, 6.45) is 6.08. The molecule has 0 saturated carbocycles. The number of pyridine rings is 2. The van der Waals surface area contributed by atoms with Gasteiger partial charge < -0.3 is 56.8 Å². The van der Waals surface area contributed by atoms with Crippen LogP contribution in [0.15, 0.2) is 85.5 Å². The minimum Gasteiger partial charge on any atom is -0.491 e. The summed E-state index contributed by atoms with van der Waals surface area (Å²) < 4.78 is 68.6. The maximum Gasteiger partial charge on any atom is 0.340 e. The third-order valence-corrected chi connectivity index (χ3v) is 7.89. The first-order valence-corrected chi connectivity index (χ1v) is 19.0. The molecule has 4 aromatic rings. The number of fused-ring (bicyclic) bond motifs is 4. The van der Waals surface area contributed by atoms with Crippen LogP contribution in [0.2, 0.25) is 0 Å². The number of hydrogen-bond acceptors (Lipinski definition) is 16. The van der Waals surface area contributed by atoms with Gasteiger partial charge >= 0.3 is 11.9 Å². The average molecular weight is 807 g/mol. The summed E-state index contributed by atoms with van der Waals surface area (Å²) in [5, 5.41) is 0. The van der Waals surface area contributed by atoms with Crippen molar-refractivity contribution in [1.29, 1.82) is 0 Å². The fourth-order valence-corrected chi connectivity index (χ4v) is 5.15. The highest BCUT2D eigenvalue weighted by Crippen LogP contribution is 2.25. The molecule has 0 amide bonds. The molecule has 0 saturated heterocycles. The van der Waals surface area contributed by atoms with E-state index in [0.717, 1.165) is 0 Å². The van der Waals surface area contributed by atoms with Crippen molar-refractivity contribution >= 4 is 11.9 Å². The minimum absolute atomic E-state index is 0.0130. The number of hydrogen-bond donors (Lipinski definition) is 0. The lowest BCUT2D eigenvalue weighted by Crippen LogP contribution is -2.15. The topological polar surface area (TPSA) is 171 Å². The van der Waals surface area contributed by atoms with E-state index >= 15 is 0 Å². The Balaban J connectivity index is 1.08. The SMILES string of the molecule is O=C(OCc1cc2cc(c1)OCCOCCOCCOCCOc1cc(COC(=O)c3cccnc3)cc(c1)OCCOCCOCCOCCO2)c1cccnc1. The monoisotopic (exact) mass is 806 g/mol. The average Bonchev–Trinajstić information content (AvgIpc) is 3.25. The van der Waals surface area contributed by atoms with Gasteiger partial charge in [-0.15, -0.1) is 0 Å². The summed E-state index contributed by atoms with van der Waals surface area (Å²) in [6.45, 7) is 5.51. The number of benzene rings is 2. The number of carbonyl (C=O) groups is 2. The highest BCUT2D eigenvalue weighted by Gasteiger charge is 2.12. The quantitative estimate of drug-likeness (QED) is 0.249. The zero-order valence-electron chi connectivity index (χ0n) is 32.4. The van der Waals surface area contributed by atoms with E-state index in [1.807, 2.05) is 0 Å². The molecule has 2 aromatic carbocycles. The summed E-state index contributed by atoms with van der Waals surface area (Å²) in [5.41, 5.74) is 2.09. The van der Waals surface area contributed by atoms with Gasteiger partial charge in [0, 0.05) is 36.9 Å². The molecule has 58 heavy (non-hydrogen) atoms. The normalized spacial score (nSPS) is 16.3. The molecule has 0 atom stereocenters. The summed E-state index contributed by atoms with van der Waals surface area (Å²) >= 11 is 0. The summed E-state index contributed by atoms with van der Waals surface area (Å²) in [4.78, 5) is 32.9. The standard InChI is InChI=1S/C42H50N2O14/c45-41(35-3-1-5-43-29-35)57-31-33-23-37-27-38(24-33)54-20-16-50-12-8-48-10-14-52-18-22-56-40-26-34(32-58-42(46)36-4-2-6-44-30-36)25-39(28-40)55-21-17-51-13-9-47-7-11-49-15-19-53-37/h1-6,23-30H,7-22,31-32H2. The number of rotatable bonds is 6. The van der Waals surface area contributed by atoms with Crippen molar-refractivity contribution in [2.45, 2.75) is 13.2 Å². The summed E-state index contributed by atoms with van der Waals surface area (Å²) in [5.74, 6) is 1.18. The van der Waals surface area contributed by atoms with Crippen LogP contribution in [0.1, 0.15) is 31.8 Å². The van der Waals surface area contributed by atoms with E-state index < -0.39 is 11.9 Å². The van der Waals surface area contributed by atoms with Crippen molar-refractivity contribution in [3.63, 3.8) is 0 Å². The van der Waals surface area contributed by atoms with Crippen LogP contribution in [0.4, 0.5) is 0 Å². The van der Waals surface area contributed by atoms with Crippen LogP contribution in [0.25, 0.3) is 0 Å². The van der Waals surface area contributed by atoms with Gasteiger partial charge in [0.15, 0.2) is 0 Å². The lowest BCUT2D eigenvalue weighted by Gasteiger charge is -2.14. The molecule has 2 aromatic heterocycles. The molecule has 0 spiro atoms. The molecular weight excluding hydrogens is 756 g/mol. The zero-order chi connectivity index (χ0) is 40.3. The molecule has 0 N–H and O–H groups in total. The van der Waals surface area contributed by atoms with Crippen molar-refractivity contribution in [2.75, 3.05) is 106 Å². The predicted octanol–water partition coefficient (Wildman–Crippen LogP) is 4.52. The first-order chi connectivity index (χ1) is 28.6. The fourth-order valence-electron chi connectivity index (χ4n) is 5.15. The van der Waals surface area contributed by atoms with Gasteiger partial charge in [-0.25, -0.2) is 9.59 Å². The Kier molecular flexibility index (Phi) is 20.0. The Morgan fingerprint density at radius 1 is 0.431 bits per heavy atom. The highest BCUT2D eigenvalue weighted by atomic mass is 16.6. The van der Waals surface area contributed by atoms with E-state index in [1.165, 1.54) is 12.4 Å². The van der Waals surface area contributed by atoms with Crippen LogP contribution in [-0.2, 0) is 51.1 Å². The van der Waals surface area contributed by atoms with Crippen LogP contribution in [0.3, 0.4) is 0 Å².